The number of benzene rings is 3. The van der Waals surface area contributed by atoms with E-state index in [0.29, 0.717) is 6.42 Å². The van der Waals surface area contributed by atoms with E-state index in [-0.39, 0.29) is 16.4 Å². The molecule has 0 aromatic heterocycles. The lowest BCUT2D eigenvalue weighted by molar-refractivity contribution is 0.475. The summed E-state index contributed by atoms with van der Waals surface area (Å²) >= 11 is 0. The Morgan fingerprint density at radius 3 is 1.71 bits per heavy atom. The molecule has 4 nitrogen and oxygen atoms in total. The van der Waals surface area contributed by atoms with Crippen LogP contribution in [0.2, 0.25) is 0 Å². The highest BCUT2D eigenvalue weighted by atomic mass is 32.2. The third kappa shape index (κ3) is 4.26. The van der Waals surface area contributed by atoms with Crippen LogP contribution in [-0.4, -0.2) is 24.9 Å². The molecule has 28 heavy (non-hydrogen) atoms. The maximum atomic E-state index is 12.0. The number of hydrogen-bond donors (Lipinski definition) is 2. The molecule has 0 aliphatic rings. The van der Waals surface area contributed by atoms with Gasteiger partial charge in [-0.3, -0.25) is 0 Å². The smallest absolute Gasteiger partial charge is 0.175 e. The Kier molecular flexibility index (Phi) is 5.56. The van der Waals surface area contributed by atoms with E-state index in [2.05, 4.69) is 0 Å². The summed E-state index contributed by atoms with van der Waals surface area (Å²) < 4.78 is 24.0. The van der Waals surface area contributed by atoms with E-state index in [1.807, 2.05) is 37.3 Å². The van der Waals surface area contributed by atoms with E-state index in [0.717, 1.165) is 27.8 Å². The summed E-state index contributed by atoms with van der Waals surface area (Å²) in [4.78, 5) is 0.270. The first kappa shape index (κ1) is 19.7. The Morgan fingerprint density at radius 2 is 1.29 bits per heavy atom. The van der Waals surface area contributed by atoms with Crippen LogP contribution in [0.15, 0.2) is 77.7 Å². The van der Waals surface area contributed by atoms with Crippen molar-refractivity contribution in [1.29, 1.82) is 0 Å². The van der Waals surface area contributed by atoms with Crippen LogP contribution in [0.4, 0.5) is 0 Å². The monoisotopic (exact) mass is 394 g/mol. The van der Waals surface area contributed by atoms with Crippen molar-refractivity contribution in [2.75, 3.05) is 6.26 Å². The molecule has 3 rings (SSSR count). The van der Waals surface area contributed by atoms with E-state index in [4.69, 9.17) is 0 Å². The molecular formula is C23H22O4S. The number of sulfone groups is 1. The third-order valence-corrected chi connectivity index (χ3v) is 5.69. The number of allylic oxidation sites excluding steroid dienone is 1. The quantitative estimate of drug-likeness (QED) is 0.606. The SMILES string of the molecule is CCC(=C(c1ccc(O)cc1)c1ccc(O)cc1)c1cccc(S(C)(=O)=O)c1. The Hall–Kier alpha value is -3.05. The molecular weight excluding hydrogens is 372 g/mol. The molecule has 3 aromatic rings. The van der Waals surface area contributed by atoms with E-state index in [9.17, 15) is 18.6 Å². The highest BCUT2D eigenvalue weighted by Crippen LogP contribution is 2.36. The molecule has 0 unspecified atom stereocenters. The number of hydrogen-bond acceptors (Lipinski definition) is 4. The van der Waals surface area contributed by atoms with Gasteiger partial charge in [0, 0.05) is 6.26 Å². The summed E-state index contributed by atoms with van der Waals surface area (Å²) in [5, 5.41) is 19.3. The Bertz CT molecular complexity index is 1060. The first-order valence-electron chi connectivity index (χ1n) is 8.92. The second-order valence-electron chi connectivity index (χ2n) is 6.60. The maximum absolute atomic E-state index is 12.0. The van der Waals surface area contributed by atoms with Crippen molar-refractivity contribution in [3.8, 4) is 11.5 Å². The maximum Gasteiger partial charge on any atom is 0.175 e. The summed E-state index contributed by atoms with van der Waals surface area (Å²) in [6.07, 6.45) is 1.87. The van der Waals surface area contributed by atoms with Crippen molar-refractivity contribution in [1.82, 2.24) is 0 Å². The third-order valence-electron chi connectivity index (χ3n) is 4.58. The molecule has 0 aliphatic heterocycles. The zero-order valence-corrected chi connectivity index (χ0v) is 16.6. The number of rotatable bonds is 5. The van der Waals surface area contributed by atoms with E-state index >= 15 is 0 Å². The molecule has 2 N–H and O–H groups in total. The van der Waals surface area contributed by atoms with Crippen molar-refractivity contribution in [2.45, 2.75) is 18.2 Å². The average Bonchev–Trinajstić information content (AvgIpc) is 2.67. The average molecular weight is 394 g/mol. The summed E-state index contributed by atoms with van der Waals surface area (Å²) in [6, 6.07) is 20.7. The minimum Gasteiger partial charge on any atom is -0.508 e. The van der Waals surface area contributed by atoms with Gasteiger partial charge in [0.05, 0.1) is 4.90 Å². The van der Waals surface area contributed by atoms with Crippen LogP contribution in [0.5, 0.6) is 11.5 Å². The second-order valence-corrected chi connectivity index (χ2v) is 8.62. The number of aromatic hydroxyl groups is 2. The Morgan fingerprint density at radius 1 is 0.786 bits per heavy atom. The van der Waals surface area contributed by atoms with Crippen LogP contribution in [0.3, 0.4) is 0 Å². The van der Waals surface area contributed by atoms with Crippen LogP contribution >= 0.6 is 0 Å². The number of phenols is 2. The molecule has 0 fully saturated rings. The highest BCUT2D eigenvalue weighted by molar-refractivity contribution is 7.90. The molecule has 0 atom stereocenters. The van der Waals surface area contributed by atoms with Gasteiger partial charge in [0.2, 0.25) is 0 Å². The summed E-state index contributed by atoms with van der Waals surface area (Å²) in [5.41, 5.74) is 4.51. The molecule has 0 radical (unpaired) electrons. The molecule has 0 aliphatic carbocycles. The van der Waals surface area contributed by atoms with Crippen LogP contribution < -0.4 is 0 Å². The fourth-order valence-electron chi connectivity index (χ4n) is 3.21. The van der Waals surface area contributed by atoms with Crippen molar-refractivity contribution in [3.63, 3.8) is 0 Å². The van der Waals surface area contributed by atoms with Gasteiger partial charge in [-0.25, -0.2) is 8.42 Å². The van der Waals surface area contributed by atoms with Crippen molar-refractivity contribution in [2.24, 2.45) is 0 Å². The molecule has 0 amide bonds. The van der Waals surface area contributed by atoms with Gasteiger partial charge in [0.15, 0.2) is 9.84 Å². The van der Waals surface area contributed by atoms with Gasteiger partial charge in [0.1, 0.15) is 11.5 Å². The van der Waals surface area contributed by atoms with Gasteiger partial charge in [0.25, 0.3) is 0 Å². The highest BCUT2D eigenvalue weighted by Gasteiger charge is 2.15. The predicted octanol–water partition coefficient (Wildman–Crippen LogP) is 4.87. The molecule has 144 valence electrons. The first-order chi connectivity index (χ1) is 13.3. The van der Waals surface area contributed by atoms with Crippen LogP contribution in [0.1, 0.15) is 30.0 Å². The first-order valence-corrected chi connectivity index (χ1v) is 10.8. The van der Waals surface area contributed by atoms with Crippen LogP contribution in [0, 0.1) is 0 Å². The largest absolute Gasteiger partial charge is 0.508 e. The van der Waals surface area contributed by atoms with Gasteiger partial charge in [-0.2, -0.15) is 0 Å². The molecule has 5 heteroatoms. The van der Waals surface area contributed by atoms with Crippen LogP contribution in [-0.2, 0) is 9.84 Å². The fraction of sp³-hybridized carbons (Fsp3) is 0.130. The molecule has 0 spiro atoms. The lowest BCUT2D eigenvalue weighted by Crippen LogP contribution is -1.99. The van der Waals surface area contributed by atoms with Gasteiger partial charge < -0.3 is 10.2 Å². The van der Waals surface area contributed by atoms with E-state index in [1.165, 1.54) is 6.26 Å². The second kappa shape index (κ2) is 7.90. The molecule has 0 saturated carbocycles. The summed E-state index contributed by atoms with van der Waals surface area (Å²) in [5.74, 6) is 0.344. The Labute approximate surface area is 165 Å². The Balaban J connectivity index is 2.30. The summed E-state index contributed by atoms with van der Waals surface area (Å²) in [6.45, 7) is 2.02. The predicted molar refractivity (Wildman–Crippen MR) is 112 cm³/mol. The zero-order chi connectivity index (χ0) is 20.3. The molecule has 0 heterocycles. The fourth-order valence-corrected chi connectivity index (χ4v) is 3.88. The normalized spacial score (nSPS) is 11.2. The number of phenolic OH excluding ortho intramolecular Hbond substituents is 2. The van der Waals surface area contributed by atoms with Crippen molar-refractivity contribution < 1.29 is 18.6 Å². The van der Waals surface area contributed by atoms with Gasteiger partial charge >= 0.3 is 0 Å². The molecule has 0 bridgehead atoms. The van der Waals surface area contributed by atoms with E-state index in [1.54, 1.807) is 42.5 Å². The van der Waals surface area contributed by atoms with E-state index < -0.39 is 9.84 Å². The minimum atomic E-state index is -3.32. The van der Waals surface area contributed by atoms with Gasteiger partial charge in [-0.15, -0.1) is 0 Å². The van der Waals surface area contributed by atoms with Crippen LogP contribution in [0.25, 0.3) is 11.1 Å². The zero-order valence-electron chi connectivity index (χ0n) is 15.8. The van der Waals surface area contributed by atoms with Gasteiger partial charge in [-0.1, -0.05) is 43.3 Å². The minimum absolute atomic E-state index is 0.172. The molecule has 0 saturated heterocycles. The summed E-state index contributed by atoms with van der Waals surface area (Å²) in [7, 11) is -3.32. The van der Waals surface area contributed by atoms with Crippen molar-refractivity contribution in [3.05, 3.63) is 89.5 Å². The molecule has 3 aromatic carbocycles. The topological polar surface area (TPSA) is 74.6 Å². The van der Waals surface area contributed by atoms with Gasteiger partial charge in [-0.05, 0) is 70.7 Å². The van der Waals surface area contributed by atoms with Crippen molar-refractivity contribution >= 4 is 21.0 Å². The lowest BCUT2D eigenvalue weighted by Gasteiger charge is -2.17. The lowest BCUT2D eigenvalue weighted by atomic mass is 9.88. The standard InChI is InChI=1S/C23H22O4S/c1-3-22(18-5-4-6-21(15-18)28(2,26)27)23(16-7-11-19(24)12-8-16)17-9-13-20(25)14-10-17/h4-15,24-25H,3H2,1-2H3.